The van der Waals surface area contributed by atoms with Crippen LogP contribution in [-0.2, 0) is 37.3 Å². The summed E-state index contributed by atoms with van der Waals surface area (Å²) in [4.78, 5) is 15.0. The van der Waals surface area contributed by atoms with Gasteiger partial charge in [0.15, 0.2) is 0 Å². The molecular formula is C39H42N4Pt. The molecule has 0 unspecified atom stereocenters. The van der Waals surface area contributed by atoms with E-state index in [-0.39, 0.29) is 37.3 Å². The second-order valence-electron chi connectivity index (χ2n) is 15.0. The Labute approximate surface area is 276 Å². The molecule has 0 atom stereocenters. The zero-order chi connectivity index (χ0) is 30.9. The van der Waals surface area contributed by atoms with Crippen molar-refractivity contribution < 1.29 is 21.1 Å². The van der Waals surface area contributed by atoms with E-state index in [1.165, 1.54) is 22.1 Å². The second kappa shape index (κ2) is 11.1. The van der Waals surface area contributed by atoms with E-state index in [0.717, 1.165) is 50.6 Å². The van der Waals surface area contributed by atoms with Crippen molar-refractivity contribution in [2.75, 3.05) is 0 Å². The van der Waals surface area contributed by atoms with Gasteiger partial charge in [-0.05, 0) is 51.3 Å². The van der Waals surface area contributed by atoms with E-state index in [1.54, 1.807) is 0 Å². The van der Waals surface area contributed by atoms with Crippen LogP contribution < -0.4 is 4.98 Å². The van der Waals surface area contributed by atoms with Gasteiger partial charge in [0.05, 0.1) is 5.65 Å². The Morgan fingerprint density at radius 3 is 1.89 bits per heavy atom. The summed E-state index contributed by atoms with van der Waals surface area (Å²) in [5.41, 5.74) is 10.6. The van der Waals surface area contributed by atoms with Crippen LogP contribution in [0.4, 0.5) is 0 Å². The fraction of sp³-hybridized carbons (Fsp3) is 0.333. The molecule has 6 rings (SSSR count). The van der Waals surface area contributed by atoms with Gasteiger partial charge in [-0.15, -0.1) is 23.8 Å². The van der Waals surface area contributed by atoms with Crippen LogP contribution in [0, 0.1) is 13.0 Å². The van der Waals surface area contributed by atoms with Gasteiger partial charge in [-0.2, -0.15) is 0 Å². The van der Waals surface area contributed by atoms with Crippen molar-refractivity contribution in [3.05, 3.63) is 101 Å². The van der Waals surface area contributed by atoms with Crippen LogP contribution in [-0.4, -0.2) is 14.5 Å². The summed E-state index contributed by atoms with van der Waals surface area (Å²) >= 11 is 0. The maximum absolute atomic E-state index is 5.35. The number of hydrogen-bond donors (Lipinski definition) is 0. The SMILES string of the molecule is Cc1ccc(-n2c3ccc(C(C)(C)C)cc3c3ccc(-c4[c-]c(-c5cc(C(C)(C)C)ccn5)cc(C(C)(C)C)c4)nc32)[n-]1.[Pt+2]. The van der Waals surface area contributed by atoms with Crippen molar-refractivity contribution in [3.63, 3.8) is 0 Å². The first-order chi connectivity index (χ1) is 20.1. The fourth-order valence-corrected chi connectivity index (χ4v) is 5.64. The van der Waals surface area contributed by atoms with Crippen molar-refractivity contribution in [1.82, 2.24) is 19.5 Å². The number of nitrogens with zero attached hydrogens (tertiary/aromatic N) is 4. The molecule has 0 aliphatic rings. The minimum atomic E-state index is -0.0562. The van der Waals surface area contributed by atoms with Crippen LogP contribution in [0.1, 0.15) is 84.7 Å². The summed E-state index contributed by atoms with van der Waals surface area (Å²) in [6.07, 6.45) is 1.91. The first kappa shape index (κ1) is 31.9. The predicted molar refractivity (Wildman–Crippen MR) is 180 cm³/mol. The molecule has 2 aromatic carbocycles. The van der Waals surface area contributed by atoms with Gasteiger partial charge in [0.1, 0.15) is 0 Å². The van der Waals surface area contributed by atoms with Crippen LogP contribution in [0.25, 0.3) is 50.3 Å². The average molecular weight is 762 g/mol. The average Bonchev–Trinajstić information content (AvgIpc) is 3.51. The van der Waals surface area contributed by atoms with E-state index in [9.17, 15) is 0 Å². The minimum absolute atomic E-state index is 0. The Bertz CT molecular complexity index is 1990. The summed E-state index contributed by atoms with van der Waals surface area (Å²) in [7, 11) is 0. The van der Waals surface area contributed by atoms with Crippen molar-refractivity contribution >= 4 is 21.9 Å². The quantitative estimate of drug-likeness (QED) is 0.169. The van der Waals surface area contributed by atoms with Crippen LogP contribution in [0.2, 0.25) is 0 Å². The molecule has 0 radical (unpaired) electrons. The van der Waals surface area contributed by atoms with Gasteiger partial charge in [0.2, 0.25) is 0 Å². The minimum Gasteiger partial charge on any atom is -0.440 e. The molecule has 5 heteroatoms. The third-order valence-corrected chi connectivity index (χ3v) is 8.39. The molecule has 0 aliphatic carbocycles. The van der Waals surface area contributed by atoms with Gasteiger partial charge in [-0.25, -0.2) is 0 Å². The third-order valence-electron chi connectivity index (χ3n) is 8.39. The molecule has 0 amide bonds. The first-order valence-electron chi connectivity index (χ1n) is 15.2. The molecule has 4 heterocycles. The molecule has 0 spiro atoms. The third kappa shape index (κ3) is 5.94. The van der Waals surface area contributed by atoms with Gasteiger partial charge in [0.25, 0.3) is 0 Å². The zero-order valence-electron chi connectivity index (χ0n) is 27.5. The molecule has 0 fully saturated rings. The number of aryl methyl sites for hydroxylation is 1. The number of rotatable bonds is 3. The van der Waals surface area contributed by atoms with Crippen LogP contribution in [0.3, 0.4) is 0 Å². The summed E-state index contributed by atoms with van der Waals surface area (Å²) in [5.74, 6) is 0.891. The van der Waals surface area contributed by atoms with E-state index in [4.69, 9.17) is 15.0 Å². The predicted octanol–water partition coefficient (Wildman–Crippen LogP) is 9.86. The van der Waals surface area contributed by atoms with Crippen LogP contribution >= 0.6 is 0 Å². The molecule has 0 saturated carbocycles. The maximum atomic E-state index is 5.35. The molecule has 6 aromatic rings. The van der Waals surface area contributed by atoms with Gasteiger partial charge >= 0.3 is 21.1 Å². The molecule has 4 aromatic heterocycles. The molecule has 0 bridgehead atoms. The second-order valence-corrected chi connectivity index (χ2v) is 15.0. The van der Waals surface area contributed by atoms with Crippen LogP contribution in [0.15, 0.2) is 72.9 Å². The fourth-order valence-electron chi connectivity index (χ4n) is 5.64. The first-order valence-corrected chi connectivity index (χ1v) is 15.2. The molecule has 0 N–H and O–H groups in total. The molecular weight excluding hydrogens is 720 g/mol. The Balaban J connectivity index is 0.00000384. The van der Waals surface area contributed by atoms with Gasteiger partial charge < -0.3 is 9.55 Å². The summed E-state index contributed by atoms with van der Waals surface area (Å²) in [5, 5.41) is 2.32. The topological polar surface area (TPSA) is 44.8 Å². The normalized spacial score (nSPS) is 12.6. The molecule has 4 nitrogen and oxygen atoms in total. The van der Waals surface area contributed by atoms with Gasteiger partial charge in [-0.3, -0.25) is 9.97 Å². The smallest absolute Gasteiger partial charge is 0.440 e. The molecule has 44 heavy (non-hydrogen) atoms. The van der Waals surface area contributed by atoms with E-state index in [1.807, 2.05) is 13.1 Å². The monoisotopic (exact) mass is 761 g/mol. The number of hydrogen-bond acceptors (Lipinski definition) is 2. The Morgan fingerprint density at radius 2 is 1.27 bits per heavy atom. The summed E-state index contributed by atoms with van der Waals surface area (Å²) < 4.78 is 2.20. The summed E-state index contributed by atoms with van der Waals surface area (Å²) in [6, 6.07) is 27.8. The van der Waals surface area contributed by atoms with Crippen molar-refractivity contribution in [1.29, 1.82) is 0 Å². The molecule has 0 saturated heterocycles. The van der Waals surface area contributed by atoms with Crippen molar-refractivity contribution in [2.45, 2.75) is 85.5 Å². The standard InChI is InChI=1S/C39H42N4.Pt/c1-24-11-16-35(41-24)43-34-15-12-27(37(2,3)4)22-31(34)30-13-14-32(42-36(30)43)25-19-26(21-29(20-25)39(8,9)10)33-23-28(17-18-40-33)38(5,6)7;/h11-18,20-23H,1-10H3;/q-2;+2. The van der Waals surface area contributed by atoms with Gasteiger partial charge in [-0.1, -0.05) is 133 Å². The number of benzene rings is 2. The Kier molecular flexibility index (Phi) is 8.08. The Hall–Kier alpha value is -3.49. The van der Waals surface area contributed by atoms with Crippen molar-refractivity contribution in [2.24, 2.45) is 0 Å². The summed E-state index contributed by atoms with van der Waals surface area (Å²) in [6.45, 7) is 22.3. The largest absolute Gasteiger partial charge is 2.00 e. The van der Waals surface area contributed by atoms with E-state index in [0.29, 0.717) is 0 Å². The Morgan fingerprint density at radius 1 is 0.636 bits per heavy atom. The molecule has 228 valence electrons. The number of pyridine rings is 2. The van der Waals surface area contributed by atoms with Crippen LogP contribution in [0.5, 0.6) is 0 Å². The zero-order valence-corrected chi connectivity index (χ0v) is 29.8. The van der Waals surface area contributed by atoms with E-state index < -0.39 is 0 Å². The maximum Gasteiger partial charge on any atom is 2.00 e. The van der Waals surface area contributed by atoms with E-state index >= 15 is 0 Å². The van der Waals surface area contributed by atoms with Crippen molar-refractivity contribution in [3.8, 4) is 28.3 Å². The van der Waals surface area contributed by atoms with Gasteiger partial charge in [0, 0.05) is 23.0 Å². The number of aromatic nitrogens is 4. The number of fused-ring (bicyclic) bond motifs is 3. The molecule has 0 aliphatic heterocycles. The van der Waals surface area contributed by atoms with E-state index in [2.05, 4.69) is 140 Å².